The van der Waals surface area contributed by atoms with E-state index < -0.39 is 34.5 Å². The molecule has 3 aliphatic rings. The molecule has 3 atom stereocenters. The van der Waals surface area contributed by atoms with Gasteiger partial charge in [-0.2, -0.15) is 13.2 Å². The fourth-order valence-corrected chi connectivity index (χ4v) is 5.89. The maximum atomic E-state index is 14.1. The van der Waals surface area contributed by atoms with Crippen LogP contribution in [-0.4, -0.2) is 68.5 Å². The van der Waals surface area contributed by atoms with Gasteiger partial charge in [-0.05, 0) is 67.7 Å². The summed E-state index contributed by atoms with van der Waals surface area (Å²) in [5, 5.41) is 9.47. The first-order chi connectivity index (χ1) is 17.0. The lowest BCUT2D eigenvalue weighted by Gasteiger charge is -2.45. The van der Waals surface area contributed by atoms with Crippen molar-refractivity contribution < 1.29 is 26.7 Å². The molecule has 2 saturated heterocycles. The Balaban J connectivity index is 1.29. The monoisotopic (exact) mass is 502 g/mol. The van der Waals surface area contributed by atoms with Crippen molar-refractivity contribution in [2.75, 3.05) is 31.6 Å². The number of nitrogens with one attached hydrogen (secondary N) is 1. The molecule has 1 N–H and O–H groups in total. The van der Waals surface area contributed by atoms with Crippen molar-refractivity contribution in [1.82, 2.24) is 15.1 Å². The molecule has 4 radical (unpaired) electrons. The summed E-state index contributed by atoms with van der Waals surface area (Å²) in [6, 6.07) is 2.99. The number of rotatable bonds is 5. The molecule has 2 aromatic rings. The highest BCUT2D eigenvalue weighted by molar-refractivity contribution is 6.40. The van der Waals surface area contributed by atoms with Gasteiger partial charge in [0, 0.05) is 37.9 Å². The molecule has 1 unspecified atom stereocenters. The van der Waals surface area contributed by atoms with Crippen molar-refractivity contribution in [2.24, 2.45) is 17.8 Å². The molecular formula is C24H25B2F5N4O. The van der Waals surface area contributed by atoms with Crippen LogP contribution in [0.15, 0.2) is 24.3 Å². The Morgan fingerprint density at radius 3 is 2.28 bits per heavy atom. The Hall–Kier alpha value is -2.20. The van der Waals surface area contributed by atoms with Gasteiger partial charge in [-0.3, -0.25) is 0 Å². The number of hydrogen-bond donors (Lipinski definition) is 1. The van der Waals surface area contributed by atoms with Gasteiger partial charge in [-0.15, -0.1) is 10.2 Å². The van der Waals surface area contributed by atoms with E-state index >= 15 is 0 Å². The topological polar surface area (TPSA) is 50.3 Å². The van der Waals surface area contributed by atoms with E-state index in [4.69, 9.17) is 20.4 Å². The number of nitrogens with zero attached hydrogens (tertiary/aromatic N) is 3. The first kappa shape index (κ1) is 25.4. The molecule has 0 spiro atoms. The molecule has 188 valence electrons. The minimum absolute atomic E-state index is 0.130. The van der Waals surface area contributed by atoms with Gasteiger partial charge in [0.25, 0.3) is 0 Å². The zero-order chi connectivity index (χ0) is 25.7. The molecule has 0 bridgehead atoms. The number of alkyl halides is 3. The molecular weight excluding hydrogens is 477 g/mol. The van der Waals surface area contributed by atoms with E-state index in [9.17, 15) is 22.0 Å². The lowest BCUT2D eigenvalue weighted by Crippen LogP contribution is -2.56. The highest BCUT2D eigenvalue weighted by Gasteiger charge is 2.47. The molecule has 5 nitrogen and oxygen atoms in total. The summed E-state index contributed by atoms with van der Waals surface area (Å²) in [6.45, 7) is 2.65. The van der Waals surface area contributed by atoms with Crippen molar-refractivity contribution in [2.45, 2.75) is 43.2 Å². The Morgan fingerprint density at radius 2 is 1.64 bits per heavy atom. The van der Waals surface area contributed by atoms with E-state index in [2.05, 4.69) is 20.4 Å². The quantitative estimate of drug-likeness (QED) is 0.496. The Kier molecular flexibility index (Phi) is 6.78. The van der Waals surface area contributed by atoms with Gasteiger partial charge in [0.15, 0.2) is 5.82 Å². The summed E-state index contributed by atoms with van der Waals surface area (Å²) in [6.07, 6.45) is -1.87. The summed E-state index contributed by atoms with van der Waals surface area (Å²) in [5.74, 6) is -1.46. The SMILES string of the molecule is [B]C([B])(C1CCOCC1)N1C[C@H]2CC(Nc3nnc(-c4cc(F)ccc4F)cc3C(F)(F)F)C[C@H]2C1. The number of anilines is 1. The molecule has 12 heteroatoms. The van der Waals surface area contributed by atoms with E-state index in [-0.39, 0.29) is 35.1 Å². The van der Waals surface area contributed by atoms with E-state index in [1.54, 1.807) is 0 Å². The highest BCUT2D eigenvalue weighted by Crippen LogP contribution is 2.44. The minimum Gasteiger partial charge on any atom is -0.381 e. The predicted octanol–water partition coefficient (Wildman–Crippen LogP) is 3.98. The second kappa shape index (κ2) is 9.59. The first-order valence-electron chi connectivity index (χ1n) is 12.1. The third-order valence-electron chi connectivity index (χ3n) is 7.82. The number of fused-ring (bicyclic) bond motifs is 1. The van der Waals surface area contributed by atoms with Crippen LogP contribution in [0, 0.1) is 29.4 Å². The maximum absolute atomic E-state index is 14.1. The fourth-order valence-electron chi connectivity index (χ4n) is 5.89. The number of ether oxygens (including phenoxy) is 1. The summed E-state index contributed by atoms with van der Waals surface area (Å²) in [4.78, 5) is 2.11. The van der Waals surface area contributed by atoms with Gasteiger partial charge < -0.3 is 15.0 Å². The van der Waals surface area contributed by atoms with E-state index in [1.165, 1.54) is 0 Å². The van der Waals surface area contributed by atoms with Gasteiger partial charge in [0.1, 0.15) is 17.2 Å². The van der Waals surface area contributed by atoms with Gasteiger partial charge in [0.2, 0.25) is 0 Å². The second-order valence-electron chi connectivity index (χ2n) is 10.1. The van der Waals surface area contributed by atoms with Crippen LogP contribution in [0.5, 0.6) is 0 Å². The zero-order valence-corrected chi connectivity index (χ0v) is 19.6. The Labute approximate surface area is 209 Å². The Bertz CT molecular complexity index is 1100. The average molecular weight is 502 g/mol. The number of halogens is 5. The summed E-state index contributed by atoms with van der Waals surface area (Å²) >= 11 is 0. The first-order valence-corrected chi connectivity index (χ1v) is 12.1. The standard InChI is InChI=1S/C24H25B2F5N4O/c25-23(26,15-3-5-36-6-4-15)35-11-13-7-17(8-14(13)12-35)32-22-19(24(29,30)31)10-21(33-34-22)18-9-16(27)1-2-20(18)28/h1-2,9-10,13-15,17H,3-8,11-12H2,(H,32,34)/t13-,14+,17?. The smallest absolute Gasteiger partial charge is 0.381 e. The van der Waals surface area contributed by atoms with Crippen LogP contribution in [0.3, 0.4) is 0 Å². The summed E-state index contributed by atoms with van der Waals surface area (Å²) < 4.78 is 74.7. The lowest BCUT2D eigenvalue weighted by atomic mass is 9.52. The number of hydrogen-bond acceptors (Lipinski definition) is 5. The average Bonchev–Trinajstić information content (AvgIpc) is 3.40. The molecule has 1 aliphatic carbocycles. The molecule has 1 aromatic heterocycles. The van der Waals surface area contributed by atoms with Crippen molar-refractivity contribution in [1.29, 1.82) is 0 Å². The molecule has 3 fully saturated rings. The fraction of sp³-hybridized carbons (Fsp3) is 0.583. The third-order valence-corrected chi connectivity index (χ3v) is 7.82. The number of likely N-dealkylation sites (tertiary alicyclic amines) is 1. The van der Waals surface area contributed by atoms with Crippen LogP contribution in [-0.2, 0) is 10.9 Å². The molecule has 2 aliphatic heterocycles. The third kappa shape index (κ3) is 4.98. The normalized spacial score (nSPS) is 25.8. The van der Waals surface area contributed by atoms with Crippen LogP contribution >= 0.6 is 0 Å². The van der Waals surface area contributed by atoms with Crippen molar-refractivity contribution in [3.8, 4) is 11.3 Å². The van der Waals surface area contributed by atoms with Crippen LogP contribution in [0.2, 0.25) is 0 Å². The summed E-state index contributed by atoms with van der Waals surface area (Å²) in [5.41, 5.74) is -1.84. The van der Waals surface area contributed by atoms with Crippen LogP contribution < -0.4 is 5.32 Å². The van der Waals surface area contributed by atoms with Crippen LogP contribution in [0.1, 0.15) is 31.2 Å². The highest BCUT2D eigenvalue weighted by atomic mass is 19.4. The minimum atomic E-state index is -4.76. The number of benzene rings is 1. The van der Waals surface area contributed by atoms with Crippen LogP contribution in [0.4, 0.5) is 27.8 Å². The summed E-state index contributed by atoms with van der Waals surface area (Å²) in [7, 11) is 13.1. The molecule has 5 rings (SSSR count). The van der Waals surface area contributed by atoms with E-state index in [0.717, 1.165) is 31.0 Å². The van der Waals surface area contributed by atoms with Gasteiger partial charge >= 0.3 is 6.18 Å². The van der Waals surface area contributed by atoms with Gasteiger partial charge in [-0.25, -0.2) is 8.78 Å². The predicted molar refractivity (Wildman–Crippen MR) is 125 cm³/mol. The Morgan fingerprint density at radius 1 is 0.972 bits per heavy atom. The zero-order valence-electron chi connectivity index (χ0n) is 19.6. The van der Waals surface area contributed by atoms with E-state index in [1.807, 2.05) is 0 Å². The van der Waals surface area contributed by atoms with Crippen molar-refractivity contribution in [3.05, 3.63) is 41.5 Å². The van der Waals surface area contributed by atoms with Crippen LogP contribution in [0.25, 0.3) is 11.3 Å². The molecule has 36 heavy (non-hydrogen) atoms. The van der Waals surface area contributed by atoms with Crippen molar-refractivity contribution >= 4 is 21.5 Å². The van der Waals surface area contributed by atoms with E-state index in [0.29, 0.717) is 45.2 Å². The molecule has 1 saturated carbocycles. The molecule has 3 heterocycles. The van der Waals surface area contributed by atoms with Gasteiger partial charge in [-0.1, -0.05) is 5.34 Å². The maximum Gasteiger partial charge on any atom is 0.420 e. The lowest BCUT2D eigenvalue weighted by molar-refractivity contribution is -0.137. The van der Waals surface area contributed by atoms with Gasteiger partial charge in [0.05, 0.1) is 21.4 Å². The second-order valence-corrected chi connectivity index (χ2v) is 10.1. The number of aromatic nitrogens is 2. The largest absolute Gasteiger partial charge is 0.420 e. The van der Waals surface area contributed by atoms with Crippen molar-refractivity contribution in [3.63, 3.8) is 0 Å². The molecule has 0 amide bonds. The molecule has 1 aromatic carbocycles.